The molecule has 1 atom stereocenters. The molecular weight excluding hydrogens is 414 g/mol. The number of rotatable bonds is 5. The summed E-state index contributed by atoms with van der Waals surface area (Å²) in [6, 6.07) is 4.19. The van der Waals surface area contributed by atoms with Gasteiger partial charge < -0.3 is 20.1 Å². The number of hydrogen-bond acceptors (Lipinski definition) is 7. The van der Waals surface area contributed by atoms with Crippen LogP contribution in [0.15, 0.2) is 18.2 Å². The molecule has 10 heteroatoms. The summed E-state index contributed by atoms with van der Waals surface area (Å²) in [6.07, 6.45) is 2.74. The molecule has 1 aliphatic rings. The van der Waals surface area contributed by atoms with Crippen LogP contribution < -0.4 is 15.4 Å². The minimum atomic E-state index is -0.495. The minimum absolute atomic E-state index is 0.0908. The molecule has 1 heterocycles. The monoisotopic (exact) mass is 435 g/mol. The van der Waals surface area contributed by atoms with Crippen LogP contribution in [0.4, 0.5) is 16.4 Å². The molecular formula is C19H21N3O5S2. The first-order chi connectivity index (χ1) is 13.8. The Kier molecular flexibility index (Phi) is 6.33. The van der Waals surface area contributed by atoms with E-state index in [0.717, 1.165) is 29.7 Å². The third kappa shape index (κ3) is 4.48. The van der Waals surface area contributed by atoms with E-state index in [1.54, 1.807) is 0 Å². The molecule has 8 nitrogen and oxygen atoms in total. The Bertz CT molecular complexity index is 973. The highest BCUT2D eigenvalue weighted by atomic mass is 32.1. The van der Waals surface area contributed by atoms with Gasteiger partial charge in [0.1, 0.15) is 10.8 Å². The maximum atomic E-state index is 12.4. The minimum Gasteiger partial charge on any atom is -0.495 e. The van der Waals surface area contributed by atoms with Crippen molar-refractivity contribution in [2.24, 2.45) is 5.92 Å². The van der Waals surface area contributed by atoms with Crippen LogP contribution >= 0.6 is 23.6 Å². The van der Waals surface area contributed by atoms with Gasteiger partial charge in [-0.15, -0.1) is 11.3 Å². The van der Waals surface area contributed by atoms with E-state index >= 15 is 0 Å². The Labute approximate surface area is 177 Å². The number of ether oxygens (including phenoxy) is 2. The molecule has 2 aromatic rings. The molecule has 3 rings (SSSR count). The lowest BCUT2D eigenvalue weighted by Gasteiger charge is -2.18. The summed E-state index contributed by atoms with van der Waals surface area (Å²) in [6.45, 7) is 2.19. The van der Waals surface area contributed by atoms with Crippen LogP contribution in [0.25, 0.3) is 0 Å². The predicted octanol–water partition coefficient (Wildman–Crippen LogP) is 4.39. The van der Waals surface area contributed by atoms with Crippen molar-refractivity contribution >= 4 is 51.0 Å². The first-order valence-electron chi connectivity index (χ1n) is 8.97. The number of esters is 1. The normalized spacial score (nSPS) is 15.2. The second kappa shape index (κ2) is 8.75. The van der Waals surface area contributed by atoms with E-state index in [-0.39, 0.29) is 10.8 Å². The van der Waals surface area contributed by atoms with Crippen molar-refractivity contribution in [3.63, 3.8) is 0 Å². The number of nitro groups is 1. The van der Waals surface area contributed by atoms with Crippen molar-refractivity contribution in [1.82, 2.24) is 0 Å². The van der Waals surface area contributed by atoms with Gasteiger partial charge in [0.2, 0.25) is 0 Å². The highest BCUT2D eigenvalue weighted by Gasteiger charge is 2.28. The molecule has 0 radical (unpaired) electrons. The quantitative estimate of drug-likeness (QED) is 0.309. The van der Waals surface area contributed by atoms with Crippen LogP contribution in [0.2, 0.25) is 0 Å². The molecule has 0 bridgehead atoms. The van der Waals surface area contributed by atoms with Crippen LogP contribution in [-0.4, -0.2) is 30.2 Å². The summed E-state index contributed by atoms with van der Waals surface area (Å²) < 4.78 is 10.2. The number of carbonyl (C=O) groups excluding carboxylic acids is 1. The van der Waals surface area contributed by atoms with Gasteiger partial charge in [-0.05, 0) is 49.0 Å². The number of anilines is 2. The number of thiocarbonyl (C=S) groups is 1. The van der Waals surface area contributed by atoms with Gasteiger partial charge in [-0.3, -0.25) is 10.1 Å². The summed E-state index contributed by atoms with van der Waals surface area (Å²) in [5.41, 5.74) is 1.79. The number of carbonyl (C=O) groups is 1. The Morgan fingerprint density at radius 2 is 2.10 bits per heavy atom. The van der Waals surface area contributed by atoms with Crippen LogP contribution in [0, 0.1) is 16.0 Å². The lowest BCUT2D eigenvalue weighted by atomic mass is 9.88. The summed E-state index contributed by atoms with van der Waals surface area (Å²) in [4.78, 5) is 24.1. The molecule has 0 saturated heterocycles. The van der Waals surface area contributed by atoms with Gasteiger partial charge in [0.15, 0.2) is 5.11 Å². The van der Waals surface area contributed by atoms with Crippen LogP contribution in [0.5, 0.6) is 5.75 Å². The molecule has 0 spiro atoms. The topological polar surface area (TPSA) is 103 Å². The maximum Gasteiger partial charge on any atom is 0.341 e. The zero-order valence-corrected chi connectivity index (χ0v) is 17.9. The summed E-state index contributed by atoms with van der Waals surface area (Å²) in [5.74, 6) is 0.557. The van der Waals surface area contributed by atoms with Gasteiger partial charge in [-0.25, -0.2) is 4.79 Å². The summed E-state index contributed by atoms with van der Waals surface area (Å²) >= 11 is 6.88. The number of benzene rings is 1. The number of nitro benzene ring substituents is 1. The van der Waals surface area contributed by atoms with Crippen molar-refractivity contribution in [1.29, 1.82) is 0 Å². The van der Waals surface area contributed by atoms with Gasteiger partial charge in [0.05, 0.1) is 30.4 Å². The van der Waals surface area contributed by atoms with Crippen molar-refractivity contribution < 1.29 is 19.2 Å². The Hall–Kier alpha value is -2.72. The van der Waals surface area contributed by atoms with Gasteiger partial charge in [0.25, 0.3) is 5.69 Å². The Morgan fingerprint density at radius 1 is 1.34 bits per heavy atom. The number of hydrogen-bond donors (Lipinski definition) is 2. The SMILES string of the molecule is COC(=O)c1c(NC(=S)Nc2cc([N+](=O)[O-])ccc2OC)sc2c1CCC(C)C2. The van der Waals surface area contributed by atoms with E-state index in [0.29, 0.717) is 27.9 Å². The first-order valence-corrected chi connectivity index (χ1v) is 10.2. The standard InChI is InChI=1S/C19H21N3O5S2/c1-10-4-6-12-15(8-10)29-17(16(12)18(23)27-3)21-19(28)20-13-9-11(22(24)25)5-7-14(13)26-2/h5,7,9-10H,4,6,8H2,1-3H3,(H2,20,21,28). The van der Waals surface area contributed by atoms with Gasteiger partial charge in [0, 0.05) is 17.0 Å². The highest BCUT2D eigenvalue weighted by Crippen LogP contribution is 2.40. The van der Waals surface area contributed by atoms with E-state index < -0.39 is 10.9 Å². The largest absolute Gasteiger partial charge is 0.495 e. The van der Waals surface area contributed by atoms with E-state index in [4.69, 9.17) is 21.7 Å². The zero-order valence-electron chi connectivity index (χ0n) is 16.2. The van der Waals surface area contributed by atoms with E-state index in [1.807, 2.05) is 0 Å². The fourth-order valence-corrected chi connectivity index (χ4v) is 5.00. The second-order valence-electron chi connectivity index (χ2n) is 6.77. The molecule has 154 valence electrons. The molecule has 1 unspecified atom stereocenters. The van der Waals surface area contributed by atoms with Gasteiger partial charge >= 0.3 is 5.97 Å². The third-order valence-corrected chi connectivity index (χ3v) is 6.14. The smallest absolute Gasteiger partial charge is 0.341 e. The fourth-order valence-electron chi connectivity index (χ4n) is 3.32. The molecule has 2 N–H and O–H groups in total. The molecule has 1 aromatic carbocycles. The number of fused-ring (bicyclic) bond motifs is 1. The Morgan fingerprint density at radius 3 is 2.76 bits per heavy atom. The van der Waals surface area contributed by atoms with E-state index in [2.05, 4.69) is 17.6 Å². The molecule has 0 fully saturated rings. The second-order valence-corrected chi connectivity index (χ2v) is 8.28. The van der Waals surface area contributed by atoms with Crippen LogP contribution in [-0.2, 0) is 17.6 Å². The van der Waals surface area contributed by atoms with E-state index in [1.165, 1.54) is 43.8 Å². The average molecular weight is 436 g/mol. The first kappa shape index (κ1) is 21.0. The van der Waals surface area contributed by atoms with Crippen molar-refractivity contribution in [2.45, 2.75) is 26.2 Å². The highest BCUT2D eigenvalue weighted by molar-refractivity contribution is 7.80. The predicted molar refractivity (Wildman–Crippen MR) is 116 cm³/mol. The van der Waals surface area contributed by atoms with E-state index in [9.17, 15) is 14.9 Å². The fraction of sp³-hybridized carbons (Fsp3) is 0.368. The molecule has 1 aliphatic carbocycles. The van der Waals surface area contributed by atoms with Crippen molar-refractivity contribution in [3.05, 3.63) is 44.3 Å². The number of nitrogens with one attached hydrogen (secondary N) is 2. The average Bonchev–Trinajstić information content (AvgIpc) is 3.03. The van der Waals surface area contributed by atoms with Crippen LogP contribution in [0.3, 0.4) is 0 Å². The molecule has 0 amide bonds. The van der Waals surface area contributed by atoms with Crippen molar-refractivity contribution in [2.75, 3.05) is 24.9 Å². The van der Waals surface area contributed by atoms with Crippen molar-refractivity contribution in [3.8, 4) is 5.75 Å². The maximum absolute atomic E-state index is 12.4. The number of non-ortho nitro benzene ring substituents is 1. The molecule has 1 aromatic heterocycles. The Balaban J connectivity index is 1.87. The molecule has 29 heavy (non-hydrogen) atoms. The number of thiophene rings is 1. The summed E-state index contributed by atoms with van der Waals surface area (Å²) in [5, 5.41) is 17.8. The number of methoxy groups -OCH3 is 2. The lowest BCUT2D eigenvalue weighted by Crippen LogP contribution is -2.21. The van der Waals surface area contributed by atoms with Gasteiger partial charge in [-0.2, -0.15) is 0 Å². The summed E-state index contributed by atoms with van der Waals surface area (Å²) in [7, 11) is 2.82. The lowest BCUT2D eigenvalue weighted by molar-refractivity contribution is -0.384. The molecule has 0 aliphatic heterocycles. The van der Waals surface area contributed by atoms with Crippen LogP contribution in [0.1, 0.15) is 34.1 Å². The molecule has 0 saturated carbocycles. The zero-order chi connectivity index (χ0) is 21.1. The number of nitrogens with zero attached hydrogens (tertiary/aromatic N) is 1. The third-order valence-electron chi connectivity index (χ3n) is 4.77. The van der Waals surface area contributed by atoms with Gasteiger partial charge in [-0.1, -0.05) is 6.92 Å².